The van der Waals surface area contributed by atoms with Crippen LogP contribution in [-0.2, 0) is 14.4 Å². The molecule has 0 aromatic heterocycles. The predicted octanol–water partition coefficient (Wildman–Crippen LogP) is 1.56. The monoisotopic (exact) mass is 232 g/mol. The summed E-state index contributed by atoms with van der Waals surface area (Å²) < 4.78 is 0. The number of rotatable bonds is 0. The van der Waals surface area contributed by atoms with Crippen molar-refractivity contribution in [3.63, 3.8) is 0 Å². The third-order valence-corrected chi connectivity index (χ3v) is 5.12. The second kappa shape index (κ2) is 2.77. The first-order chi connectivity index (χ1) is 7.81. The Balaban J connectivity index is 2.20. The molecule has 2 fully saturated rings. The number of allylic oxidation sites excluding steroid dienone is 2. The lowest BCUT2D eigenvalue weighted by Gasteiger charge is -2.44. The Morgan fingerprint density at radius 1 is 1.06 bits per heavy atom. The van der Waals surface area contributed by atoms with Gasteiger partial charge in [0.1, 0.15) is 0 Å². The zero-order valence-corrected chi connectivity index (χ0v) is 10.3. The molecule has 0 aromatic rings. The van der Waals surface area contributed by atoms with Crippen molar-refractivity contribution in [2.45, 2.75) is 27.2 Å². The van der Waals surface area contributed by atoms with Crippen LogP contribution in [0.4, 0.5) is 0 Å². The first kappa shape index (κ1) is 10.9. The van der Waals surface area contributed by atoms with Gasteiger partial charge in [-0.3, -0.25) is 14.4 Å². The molecule has 2 bridgehead atoms. The zero-order chi connectivity index (χ0) is 12.6. The molecule has 0 N–H and O–H groups in total. The Morgan fingerprint density at radius 2 is 1.71 bits per heavy atom. The quantitative estimate of drug-likeness (QED) is 0.362. The van der Waals surface area contributed by atoms with Gasteiger partial charge in [0.2, 0.25) is 11.6 Å². The predicted molar refractivity (Wildman–Crippen MR) is 61.1 cm³/mol. The van der Waals surface area contributed by atoms with Gasteiger partial charge in [-0.1, -0.05) is 19.1 Å². The fraction of sp³-hybridized carbons (Fsp3) is 0.643. The largest absolute Gasteiger partial charge is 0.298 e. The Bertz CT molecular complexity index is 486. The molecule has 0 aliphatic heterocycles. The Labute approximate surface area is 100 Å². The van der Waals surface area contributed by atoms with Crippen molar-refractivity contribution in [2.75, 3.05) is 0 Å². The van der Waals surface area contributed by atoms with E-state index < -0.39 is 16.6 Å². The van der Waals surface area contributed by atoms with Crippen LogP contribution in [-0.4, -0.2) is 17.3 Å². The van der Waals surface area contributed by atoms with E-state index in [1.165, 1.54) is 0 Å². The van der Waals surface area contributed by atoms with Crippen molar-refractivity contribution < 1.29 is 14.4 Å². The molecule has 4 atom stereocenters. The van der Waals surface area contributed by atoms with E-state index >= 15 is 0 Å². The van der Waals surface area contributed by atoms with Crippen LogP contribution in [0.2, 0.25) is 0 Å². The second-order valence-corrected chi connectivity index (χ2v) is 6.30. The number of carbonyl (C=O) groups is 3. The van der Waals surface area contributed by atoms with Crippen LogP contribution >= 0.6 is 0 Å². The molecule has 3 aliphatic carbocycles. The van der Waals surface area contributed by atoms with Gasteiger partial charge in [-0.25, -0.2) is 0 Å². The number of fused-ring (bicyclic) bond motifs is 5. The topological polar surface area (TPSA) is 51.2 Å². The minimum Gasteiger partial charge on any atom is -0.298 e. The van der Waals surface area contributed by atoms with Gasteiger partial charge in [-0.05, 0) is 32.1 Å². The highest BCUT2D eigenvalue weighted by Gasteiger charge is 2.68. The third-order valence-electron chi connectivity index (χ3n) is 5.12. The third kappa shape index (κ3) is 0.969. The molecule has 2 unspecified atom stereocenters. The highest BCUT2D eigenvalue weighted by molar-refractivity contribution is 6.47. The second-order valence-electron chi connectivity index (χ2n) is 6.30. The van der Waals surface area contributed by atoms with E-state index in [0.29, 0.717) is 0 Å². The van der Waals surface area contributed by atoms with Crippen LogP contribution in [0.25, 0.3) is 0 Å². The maximum atomic E-state index is 12.5. The van der Waals surface area contributed by atoms with Crippen molar-refractivity contribution in [1.29, 1.82) is 0 Å². The zero-order valence-electron chi connectivity index (χ0n) is 10.3. The van der Waals surface area contributed by atoms with E-state index in [9.17, 15) is 14.4 Å². The van der Waals surface area contributed by atoms with Gasteiger partial charge >= 0.3 is 0 Å². The molecule has 0 spiro atoms. The molecule has 3 heteroatoms. The lowest BCUT2D eigenvalue weighted by atomic mass is 9.54. The number of Topliss-reactive ketones (excluding diaryl/α,β-unsaturated/α-hetero) is 3. The summed E-state index contributed by atoms with van der Waals surface area (Å²) in [6.45, 7) is 4.98. The maximum absolute atomic E-state index is 12.5. The Kier molecular flexibility index (Phi) is 1.77. The number of carbonyl (C=O) groups excluding carboxylic acids is 3. The van der Waals surface area contributed by atoms with Gasteiger partial charge in [-0.2, -0.15) is 0 Å². The number of hydrogen-bond acceptors (Lipinski definition) is 3. The van der Waals surface area contributed by atoms with Crippen molar-refractivity contribution in [2.24, 2.45) is 28.6 Å². The molecule has 2 saturated carbocycles. The lowest BCUT2D eigenvalue weighted by molar-refractivity contribution is -0.162. The first-order valence-corrected chi connectivity index (χ1v) is 6.13. The fourth-order valence-corrected chi connectivity index (χ4v) is 3.90. The van der Waals surface area contributed by atoms with Gasteiger partial charge < -0.3 is 0 Å². The molecule has 17 heavy (non-hydrogen) atoms. The molecule has 3 rings (SSSR count). The molecule has 3 nitrogen and oxygen atoms in total. The van der Waals surface area contributed by atoms with Crippen LogP contribution in [0.1, 0.15) is 27.2 Å². The van der Waals surface area contributed by atoms with Crippen LogP contribution in [0.3, 0.4) is 0 Å². The van der Waals surface area contributed by atoms with Crippen LogP contribution in [0, 0.1) is 28.6 Å². The molecule has 0 heterocycles. The summed E-state index contributed by atoms with van der Waals surface area (Å²) >= 11 is 0. The Morgan fingerprint density at radius 3 is 2.35 bits per heavy atom. The molecule has 0 saturated heterocycles. The van der Waals surface area contributed by atoms with Crippen molar-refractivity contribution in [3.8, 4) is 0 Å². The van der Waals surface area contributed by atoms with Crippen LogP contribution in [0.5, 0.6) is 0 Å². The minimum atomic E-state index is -1.13. The SMILES string of the molecule is CC1(C)C(=O)C(=O)C2(C)C(C1=O)[C@@H]1C=C[C@H]2C1. The fourth-order valence-electron chi connectivity index (χ4n) is 3.90. The smallest absolute Gasteiger partial charge is 0.211 e. The van der Waals surface area contributed by atoms with Gasteiger partial charge in [0.15, 0.2) is 5.78 Å². The van der Waals surface area contributed by atoms with E-state index in [-0.39, 0.29) is 29.3 Å². The molecule has 0 amide bonds. The van der Waals surface area contributed by atoms with E-state index in [1.807, 2.05) is 12.2 Å². The minimum absolute atomic E-state index is 0.0403. The van der Waals surface area contributed by atoms with E-state index in [0.717, 1.165) is 6.42 Å². The summed E-state index contributed by atoms with van der Waals surface area (Å²) in [5.74, 6) is -0.909. The average Bonchev–Trinajstić information content (AvgIpc) is 2.84. The maximum Gasteiger partial charge on any atom is 0.211 e. The van der Waals surface area contributed by atoms with Crippen LogP contribution in [0.15, 0.2) is 12.2 Å². The van der Waals surface area contributed by atoms with Crippen molar-refractivity contribution in [3.05, 3.63) is 12.2 Å². The standard InChI is InChI=1S/C14H16O3/c1-13(2)10(15)9-7-4-5-8(6-7)14(9,3)12(17)11(13)16/h4-5,7-9H,6H2,1-3H3/t7-,8+,9?,14?/m1/s1. The summed E-state index contributed by atoms with van der Waals surface area (Å²) in [6.07, 6.45) is 4.91. The summed E-state index contributed by atoms with van der Waals surface area (Å²) in [4.78, 5) is 36.9. The van der Waals surface area contributed by atoms with Gasteiger partial charge in [0, 0.05) is 5.92 Å². The summed E-state index contributed by atoms with van der Waals surface area (Å²) in [6, 6.07) is 0. The van der Waals surface area contributed by atoms with Crippen molar-refractivity contribution >= 4 is 17.3 Å². The summed E-state index contributed by atoms with van der Waals surface area (Å²) in [5.41, 5.74) is -1.89. The summed E-state index contributed by atoms with van der Waals surface area (Å²) in [5, 5.41) is 0. The molecule has 3 aliphatic rings. The number of hydrogen-bond donors (Lipinski definition) is 0. The highest BCUT2D eigenvalue weighted by atomic mass is 16.2. The summed E-state index contributed by atoms with van der Waals surface area (Å²) in [7, 11) is 0. The molecular formula is C14H16O3. The molecular weight excluding hydrogens is 216 g/mol. The average molecular weight is 232 g/mol. The number of ketones is 3. The van der Waals surface area contributed by atoms with Crippen molar-refractivity contribution in [1.82, 2.24) is 0 Å². The molecule has 0 radical (unpaired) electrons. The molecule has 90 valence electrons. The van der Waals surface area contributed by atoms with E-state index in [1.54, 1.807) is 20.8 Å². The highest BCUT2D eigenvalue weighted by Crippen LogP contribution is 2.60. The van der Waals surface area contributed by atoms with E-state index in [4.69, 9.17) is 0 Å². The normalized spacial score (nSPS) is 46.5. The van der Waals surface area contributed by atoms with Gasteiger partial charge in [-0.15, -0.1) is 0 Å². The van der Waals surface area contributed by atoms with Gasteiger partial charge in [0.25, 0.3) is 0 Å². The van der Waals surface area contributed by atoms with E-state index in [2.05, 4.69) is 0 Å². The Hall–Kier alpha value is -1.25. The lowest BCUT2D eigenvalue weighted by Crippen LogP contribution is -2.59. The van der Waals surface area contributed by atoms with Gasteiger partial charge in [0.05, 0.1) is 10.8 Å². The first-order valence-electron chi connectivity index (χ1n) is 6.13. The molecule has 0 aromatic carbocycles. The van der Waals surface area contributed by atoms with Crippen LogP contribution < -0.4 is 0 Å².